The van der Waals surface area contributed by atoms with E-state index in [2.05, 4.69) is 10.0 Å². The van der Waals surface area contributed by atoms with Crippen LogP contribution in [0.4, 0.5) is 0 Å². The maximum atomic E-state index is 12.6. The molecular weight excluding hydrogens is 376 g/mol. The summed E-state index contributed by atoms with van der Waals surface area (Å²) in [5.74, 6) is -0.280. The van der Waals surface area contributed by atoms with Gasteiger partial charge in [-0.3, -0.25) is 4.79 Å². The minimum absolute atomic E-state index is 0.0442. The molecule has 2 aromatic rings. The van der Waals surface area contributed by atoms with E-state index in [9.17, 15) is 13.2 Å². The largest absolute Gasteiger partial charge is 0.383 e. The lowest BCUT2D eigenvalue weighted by atomic mass is 10.0. The van der Waals surface area contributed by atoms with E-state index in [-0.39, 0.29) is 17.2 Å². The molecule has 1 atom stereocenters. The van der Waals surface area contributed by atoms with Crippen LogP contribution in [-0.2, 0) is 19.6 Å². The van der Waals surface area contributed by atoms with Gasteiger partial charge in [-0.05, 0) is 29.8 Å². The molecule has 2 aromatic carbocycles. The maximum Gasteiger partial charge on any atom is 0.241 e. The molecule has 0 spiro atoms. The van der Waals surface area contributed by atoms with Gasteiger partial charge in [0.1, 0.15) is 0 Å². The number of rotatable bonds is 9. The van der Waals surface area contributed by atoms with Gasteiger partial charge >= 0.3 is 0 Å². The first-order chi connectivity index (χ1) is 12.4. The first kappa shape index (κ1) is 20.4. The van der Waals surface area contributed by atoms with Gasteiger partial charge < -0.3 is 10.1 Å². The Morgan fingerprint density at radius 3 is 2.38 bits per heavy atom. The monoisotopic (exact) mass is 396 g/mol. The Balaban J connectivity index is 2.20. The van der Waals surface area contributed by atoms with Gasteiger partial charge in [-0.15, -0.1) is 0 Å². The summed E-state index contributed by atoms with van der Waals surface area (Å²) in [6.07, 6.45) is -0.0442. The lowest BCUT2D eigenvalue weighted by molar-refractivity contribution is -0.121. The highest BCUT2D eigenvalue weighted by Crippen LogP contribution is 2.22. The van der Waals surface area contributed by atoms with Crippen LogP contribution in [-0.4, -0.2) is 34.6 Å². The van der Waals surface area contributed by atoms with Crippen molar-refractivity contribution in [2.45, 2.75) is 17.4 Å². The lowest BCUT2D eigenvalue weighted by Gasteiger charge is -2.19. The highest BCUT2D eigenvalue weighted by atomic mass is 35.5. The molecule has 1 amide bonds. The summed E-state index contributed by atoms with van der Waals surface area (Å²) in [4.78, 5) is 12.3. The van der Waals surface area contributed by atoms with E-state index >= 15 is 0 Å². The van der Waals surface area contributed by atoms with E-state index in [1.165, 1.54) is 19.2 Å². The second kappa shape index (κ2) is 9.68. The number of nitrogens with one attached hydrogen (secondary N) is 2. The highest BCUT2D eigenvalue weighted by Gasteiger charge is 2.23. The molecule has 0 aliphatic carbocycles. The van der Waals surface area contributed by atoms with Gasteiger partial charge in [-0.1, -0.05) is 41.9 Å². The summed E-state index contributed by atoms with van der Waals surface area (Å²) < 4.78 is 32.8. The minimum Gasteiger partial charge on any atom is -0.383 e. The van der Waals surface area contributed by atoms with Gasteiger partial charge in [-0.2, -0.15) is 0 Å². The molecule has 0 aliphatic heterocycles. The molecule has 26 heavy (non-hydrogen) atoms. The first-order valence-corrected chi connectivity index (χ1v) is 9.87. The fourth-order valence-corrected chi connectivity index (χ4v) is 3.70. The number of halogens is 1. The summed E-state index contributed by atoms with van der Waals surface area (Å²) in [7, 11) is -2.24. The van der Waals surface area contributed by atoms with Crippen LogP contribution in [0.1, 0.15) is 18.0 Å². The lowest BCUT2D eigenvalue weighted by Crippen LogP contribution is -2.34. The van der Waals surface area contributed by atoms with Crippen molar-refractivity contribution in [2.75, 3.05) is 20.3 Å². The molecule has 6 nitrogen and oxygen atoms in total. The Bertz CT molecular complexity index is 811. The van der Waals surface area contributed by atoms with Crippen LogP contribution in [0.3, 0.4) is 0 Å². The molecule has 2 rings (SSSR count). The van der Waals surface area contributed by atoms with Crippen LogP contribution in [0, 0.1) is 0 Å². The summed E-state index contributed by atoms with van der Waals surface area (Å²) >= 11 is 5.90. The van der Waals surface area contributed by atoms with E-state index in [1.807, 2.05) is 0 Å². The van der Waals surface area contributed by atoms with Crippen molar-refractivity contribution in [1.82, 2.24) is 10.0 Å². The highest BCUT2D eigenvalue weighted by molar-refractivity contribution is 7.89. The zero-order valence-electron chi connectivity index (χ0n) is 14.3. The van der Waals surface area contributed by atoms with Gasteiger partial charge in [-0.25, -0.2) is 13.1 Å². The molecule has 8 heteroatoms. The second-order valence-corrected chi connectivity index (χ2v) is 7.74. The topological polar surface area (TPSA) is 84.5 Å². The fourth-order valence-electron chi connectivity index (χ4n) is 2.33. The number of carbonyl (C=O) groups excluding carboxylic acids is 1. The molecule has 0 radical (unpaired) electrons. The van der Waals surface area contributed by atoms with Crippen molar-refractivity contribution < 1.29 is 17.9 Å². The van der Waals surface area contributed by atoms with Crippen molar-refractivity contribution in [2.24, 2.45) is 0 Å². The Hall–Kier alpha value is -1.93. The van der Waals surface area contributed by atoms with Gasteiger partial charge in [0.15, 0.2) is 0 Å². The molecule has 0 aliphatic rings. The van der Waals surface area contributed by atoms with Crippen molar-refractivity contribution in [1.29, 1.82) is 0 Å². The Morgan fingerprint density at radius 1 is 1.12 bits per heavy atom. The number of benzene rings is 2. The normalized spacial score (nSPS) is 12.5. The van der Waals surface area contributed by atoms with Crippen molar-refractivity contribution in [3.63, 3.8) is 0 Å². The third kappa shape index (κ3) is 6.10. The Labute approximate surface area is 158 Å². The molecule has 140 valence electrons. The molecule has 0 saturated carbocycles. The predicted octanol–water partition coefficient (Wildman–Crippen LogP) is 2.51. The van der Waals surface area contributed by atoms with Crippen molar-refractivity contribution in [3.8, 4) is 0 Å². The third-order valence-corrected chi connectivity index (χ3v) is 5.38. The van der Waals surface area contributed by atoms with E-state index in [0.717, 1.165) is 0 Å². The van der Waals surface area contributed by atoms with Crippen molar-refractivity contribution >= 4 is 27.5 Å². The molecule has 0 unspecified atom stereocenters. The summed E-state index contributed by atoms with van der Waals surface area (Å²) in [5, 5.41) is 3.23. The summed E-state index contributed by atoms with van der Waals surface area (Å²) in [5.41, 5.74) is 0.649. The zero-order valence-corrected chi connectivity index (χ0v) is 15.9. The van der Waals surface area contributed by atoms with Gasteiger partial charge in [0.05, 0.1) is 17.5 Å². The molecule has 0 saturated heterocycles. The standard InChI is InChI=1S/C18H21ClN2O4S/c1-25-12-11-20-18(22)13-17(14-7-9-15(19)10-8-14)21-26(23,24)16-5-3-2-4-6-16/h2-10,17,21H,11-13H2,1H3,(H,20,22)/t17-/m0/s1. The Kier molecular flexibility index (Phi) is 7.59. The number of hydrogen-bond acceptors (Lipinski definition) is 4. The smallest absolute Gasteiger partial charge is 0.241 e. The molecule has 0 fully saturated rings. The number of ether oxygens (including phenoxy) is 1. The van der Waals surface area contributed by atoms with Crippen LogP contribution >= 0.6 is 11.6 Å². The SMILES string of the molecule is COCCNC(=O)C[C@H](NS(=O)(=O)c1ccccc1)c1ccc(Cl)cc1. The quantitative estimate of drug-likeness (QED) is 0.638. The average Bonchev–Trinajstić information content (AvgIpc) is 2.62. The van der Waals surface area contributed by atoms with Crippen LogP contribution < -0.4 is 10.0 Å². The molecule has 0 aromatic heterocycles. The fraction of sp³-hybridized carbons (Fsp3) is 0.278. The molecular formula is C18H21ClN2O4S. The second-order valence-electron chi connectivity index (χ2n) is 5.59. The van der Waals surface area contributed by atoms with E-state index in [0.29, 0.717) is 23.7 Å². The van der Waals surface area contributed by atoms with Crippen molar-refractivity contribution in [3.05, 3.63) is 65.2 Å². The van der Waals surface area contributed by atoms with E-state index < -0.39 is 16.1 Å². The Morgan fingerprint density at radius 2 is 1.77 bits per heavy atom. The number of hydrogen-bond donors (Lipinski definition) is 2. The molecule has 2 N–H and O–H groups in total. The van der Waals surface area contributed by atoms with E-state index in [4.69, 9.17) is 16.3 Å². The maximum absolute atomic E-state index is 12.6. The number of sulfonamides is 1. The zero-order chi connectivity index (χ0) is 19.0. The molecule has 0 heterocycles. The van der Waals surface area contributed by atoms with Crippen LogP contribution in [0.5, 0.6) is 0 Å². The average molecular weight is 397 g/mol. The van der Waals surface area contributed by atoms with Crippen LogP contribution in [0.2, 0.25) is 5.02 Å². The van der Waals surface area contributed by atoms with Crippen LogP contribution in [0.15, 0.2) is 59.5 Å². The first-order valence-electron chi connectivity index (χ1n) is 8.01. The van der Waals surface area contributed by atoms with Gasteiger partial charge in [0, 0.05) is 25.1 Å². The summed E-state index contributed by atoms with van der Waals surface area (Å²) in [6, 6.07) is 14.0. The molecule has 0 bridgehead atoms. The van der Waals surface area contributed by atoms with Gasteiger partial charge in [0.2, 0.25) is 15.9 Å². The van der Waals surface area contributed by atoms with E-state index in [1.54, 1.807) is 42.5 Å². The van der Waals surface area contributed by atoms with Gasteiger partial charge in [0.25, 0.3) is 0 Å². The number of methoxy groups -OCH3 is 1. The minimum atomic E-state index is -3.78. The summed E-state index contributed by atoms with van der Waals surface area (Å²) in [6.45, 7) is 0.737. The number of carbonyl (C=O) groups is 1. The van der Waals surface area contributed by atoms with Crippen LogP contribution in [0.25, 0.3) is 0 Å². The third-order valence-electron chi connectivity index (χ3n) is 3.64. The predicted molar refractivity (Wildman–Crippen MR) is 100 cm³/mol. The number of amides is 1.